The Labute approximate surface area is 127 Å². The zero-order valence-electron chi connectivity index (χ0n) is 13.1. The third-order valence-corrected chi connectivity index (χ3v) is 4.02. The second-order valence-corrected chi connectivity index (χ2v) is 5.80. The van der Waals surface area contributed by atoms with Gasteiger partial charge in [-0.25, -0.2) is 0 Å². The highest BCUT2D eigenvalue weighted by molar-refractivity contribution is 5.69. The normalized spacial score (nSPS) is 15.5. The summed E-state index contributed by atoms with van der Waals surface area (Å²) >= 11 is 0. The molecule has 4 heteroatoms. The first-order valence-electron chi connectivity index (χ1n) is 7.84. The van der Waals surface area contributed by atoms with Gasteiger partial charge in [0, 0.05) is 31.7 Å². The summed E-state index contributed by atoms with van der Waals surface area (Å²) in [6, 6.07) is 6.64. The van der Waals surface area contributed by atoms with Crippen molar-refractivity contribution in [2.24, 2.45) is 5.73 Å². The number of hydrogen-bond acceptors (Lipinski definition) is 4. The summed E-state index contributed by atoms with van der Waals surface area (Å²) in [7, 11) is 2.14. The number of carbonyl (C=O) groups is 1. The van der Waals surface area contributed by atoms with Gasteiger partial charge in [-0.1, -0.05) is 12.1 Å². The fourth-order valence-electron chi connectivity index (χ4n) is 2.91. The van der Waals surface area contributed by atoms with Crippen molar-refractivity contribution in [1.82, 2.24) is 0 Å². The molecule has 0 aliphatic carbocycles. The van der Waals surface area contributed by atoms with Crippen LogP contribution in [0.2, 0.25) is 0 Å². The Morgan fingerprint density at radius 1 is 1.48 bits per heavy atom. The van der Waals surface area contributed by atoms with Crippen molar-refractivity contribution in [3.63, 3.8) is 0 Å². The van der Waals surface area contributed by atoms with E-state index >= 15 is 0 Å². The topological polar surface area (TPSA) is 55.6 Å². The molecular formula is C17H26N2O2. The monoisotopic (exact) mass is 290 g/mol. The number of hydrogen-bond donors (Lipinski definition) is 1. The molecule has 2 rings (SSSR count). The van der Waals surface area contributed by atoms with Gasteiger partial charge >= 0.3 is 5.97 Å². The number of aryl methyl sites for hydroxylation is 1. The highest BCUT2D eigenvalue weighted by Gasteiger charge is 2.15. The number of ether oxygens (including phenoxy) is 1. The van der Waals surface area contributed by atoms with Crippen LogP contribution < -0.4 is 10.6 Å². The molecule has 0 radical (unpaired) electrons. The van der Waals surface area contributed by atoms with E-state index in [-0.39, 0.29) is 12.0 Å². The summed E-state index contributed by atoms with van der Waals surface area (Å²) in [4.78, 5) is 13.7. The maximum atomic E-state index is 11.3. The van der Waals surface area contributed by atoms with E-state index in [1.165, 1.54) is 23.2 Å². The minimum absolute atomic E-state index is 0.00813. The molecule has 0 saturated heterocycles. The van der Waals surface area contributed by atoms with E-state index in [0.29, 0.717) is 19.4 Å². The molecule has 0 amide bonds. The highest BCUT2D eigenvalue weighted by atomic mass is 16.5. The van der Waals surface area contributed by atoms with Crippen LogP contribution in [0.25, 0.3) is 0 Å². The molecule has 0 aromatic heterocycles. The number of rotatable bonds is 6. The Hall–Kier alpha value is -1.55. The zero-order valence-corrected chi connectivity index (χ0v) is 13.1. The van der Waals surface area contributed by atoms with E-state index in [9.17, 15) is 4.79 Å². The number of esters is 1. The lowest BCUT2D eigenvalue weighted by molar-refractivity contribution is -0.143. The summed E-state index contributed by atoms with van der Waals surface area (Å²) in [5.74, 6) is -0.153. The fraction of sp³-hybridized carbons (Fsp3) is 0.588. The Morgan fingerprint density at radius 3 is 3.05 bits per heavy atom. The molecule has 1 aliphatic rings. The van der Waals surface area contributed by atoms with E-state index in [4.69, 9.17) is 10.5 Å². The molecule has 1 unspecified atom stereocenters. The molecule has 1 aromatic carbocycles. The Bertz CT molecular complexity index is 488. The lowest BCUT2D eigenvalue weighted by atomic mass is 9.96. The average molecular weight is 290 g/mol. The molecule has 0 bridgehead atoms. The lowest BCUT2D eigenvalue weighted by Gasteiger charge is -2.28. The van der Waals surface area contributed by atoms with Crippen LogP contribution in [0.5, 0.6) is 0 Å². The molecular weight excluding hydrogens is 264 g/mol. The zero-order chi connectivity index (χ0) is 15.2. The van der Waals surface area contributed by atoms with Gasteiger partial charge in [0.1, 0.15) is 0 Å². The molecule has 116 valence electrons. The summed E-state index contributed by atoms with van der Waals surface area (Å²) in [6.45, 7) is 3.39. The Kier molecular flexibility index (Phi) is 5.62. The van der Waals surface area contributed by atoms with Crippen molar-refractivity contribution in [3.8, 4) is 0 Å². The molecule has 0 saturated carbocycles. The minimum Gasteiger partial charge on any atom is -0.466 e. The molecule has 1 heterocycles. The molecule has 21 heavy (non-hydrogen) atoms. The van der Waals surface area contributed by atoms with Crippen molar-refractivity contribution in [1.29, 1.82) is 0 Å². The smallest absolute Gasteiger partial charge is 0.305 e. The van der Waals surface area contributed by atoms with Gasteiger partial charge in [0.25, 0.3) is 0 Å². The third-order valence-electron chi connectivity index (χ3n) is 4.02. The van der Waals surface area contributed by atoms with Crippen LogP contribution in [0, 0.1) is 0 Å². The number of nitrogens with zero attached hydrogens (tertiary/aromatic N) is 1. The first-order valence-corrected chi connectivity index (χ1v) is 7.84. The van der Waals surface area contributed by atoms with Gasteiger partial charge in [0.15, 0.2) is 0 Å². The van der Waals surface area contributed by atoms with Crippen LogP contribution >= 0.6 is 0 Å². The van der Waals surface area contributed by atoms with Crippen molar-refractivity contribution in [2.75, 3.05) is 25.1 Å². The van der Waals surface area contributed by atoms with Crippen LogP contribution in [0.4, 0.5) is 5.69 Å². The second-order valence-electron chi connectivity index (χ2n) is 5.80. The van der Waals surface area contributed by atoms with E-state index in [0.717, 1.165) is 19.4 Å². The van der Waals surface area contributed by atoms with Crippen molar-refractivity contribution < 1.29 is 9.53 Å². The molecule has 1 aromatic rings. The van der Waals surface area contributed by atoms with Crippen LogP contribution in [-0.2, 0) is 22.4 Å². The largest absolute Gasteiger partial charge is 0.466 e. The summed E-state index contributed by atoms with van der Waals surface area (Å²) < 4.78 is 4.93. The molecule has 0 spiro atoms. The van der Waals surface area contributed by atoms with Crippen molar-refractivity contribution in [2.45, 2.75) is 45.1 Å². The third kappa shape index (κ3) is 4.46. The maximum absolute atomic E-state index is 11.3. The van der Waals surface area contributed by atoms with Crippen LogP contribution in [0.15, 0.2) is 18.2 Å². The van der Waals surface area contributed by atoms with E-state index in [2.05, 4.69) is 30.1 Å². The number of benzene rings is 1. The molecule has 2 N–H and O–H groups in total. The first-order chi connectivity index (χ1) is 10.1. The van der Waals surface area contributed by atoms with E-state index in [1.807, 2.05) is 6.92 Å². The summed E-state index contributed by atoms with van der Waals surface area (Å²) in [5, 5.41) is 0. The fourth-order valence-corrected chi connectivity index (χ4v) is 2.91. The molecule has 4 nitrogen and oxygen atoms in total. The number of nitrogens with two attached hydrogens (primary N) is 1. The van der Waals surface area contributed by atoms with Gasteiger partial charge in [-0.15, -0.1) is 0 Å². The second kappa shape index (κ2) is 7.46. The summed E-state index contributed by atoms with van der Waals surface area (Å²) in [6.07, 6.45) is 4.25. The van der Waals surface area contributed by atoms with Gasteiger partial charge in [-0.05, 0) is 49.8 Å². The Balaban J connectivity index is 1.89. The quantitative estimate of drug-likeness (QED) is 0.817. The van der Waals surface area contributed by atoms with Crippen LogP contribution in [-0.4, -0.2) is 32.2 Å². The van der Waals surface area contributed by atoms with Gasteiger partial charge < -0.3 is 15.4 Å². The number of carbonyl (C=O) groups excluding carboxylic acids is 1. The van der Waals surface area contributed by atoms with E-state index < -0.39 is 0 Å². The molecule has 1 atom stereocenters. The van der Waals surface area contributed by atoms with E-state index in [1.54, 1.807) is 0 Å². The van der Waals surface area contributed by atoms with Crippen molar-refractivity contribution >= 4 is 11.7 Å². The highest BCUT2D eigenvalue weighted by Crippen LogP contribution is 2.27. The van der Waals surface area contributed by atoms with Crippen LogP contribution in [0.3, 0.4) is 0 Å². The van der Waals surface area contributed by atoms with Gasteiger partial charge in [0.05, 0.1) is 6.61 Å². The van der Waals surface area contributed by atoms with Crippen molar-refractivity contribution in [3.05, 3.63) is 29.3 Å². The van der Waals surface area contributed by atoms with Crippen LogP contribution in [0.1, 0.15) is 37.3 Å². The van der Waals surface area contributed by atoms with Gasteiger partial charge in [-0.2, -0.15) is 0 Å². The molecule has 0 fully saturated rings. The average Bonchev–Trinajstić information content (AvgIpc) is 2.46. The number of fused-ring (bicyclic) bond motifs is 1. The predicted molar refractivity (Wildman–Crippen MR) is 85.6 cm³/mol. The molecule has 1 aliphatic heterocycles. The lowest BCUT2D eigenvalue weighted by Crippen LogP contribution is -2.26. The standard InChI is InChI=1S/C17H26N2O2/c1-3-21-17(20)9-7-15(18)12-13-6-8-16-14(11-13)5-4-10-19(16)2/h6,8,11,15H,3-5,7,9-10,12,18H2,1-2H3. The predicted octanol–water partition coefficient (Wildman–Crippen LogP) is 2.28. The number of anilines is 1. The van der Waals surface area contributed by atoms with Gasteiger partial charge in [0.2, 0.25) is 0 Å². The maximum Gasteiger partial charge on any atom is 0.305 e. The SMILES string of the molecule is CCOC(=O)CCC(N)Cc1ccc2c(c1)CCCN2C. The minimum atomic E-state index is -0.153. The Morgan fingerprint density at radius 2 is 2.29 bits per heavy atom. The first kappa shape index (κ1) is 15.8. The van der Waals surface area contributed by atoms with Gasteiger partial charge in [-0.3, -0.25) is 4.79 Å². The summed E-state index contributed by atoms with van der Waals surface area (Å²) in [5.41, 5.74) is 10.2.